The van der Waals surface area contributed by atoms with E-state index in [1.807, 2.05) is 0 Å². The van der Waals surface area contributed by atoms with Crippen molar-refractivity contribution in [3.05, 3.63) is 61.2 Å². The summed E-state index contributed by atoms with van der Waals surface area (Å²) < 4.78 is 44.7. The highest BCUT2D eigenvalue weighted by atomic mass is 32.2. The highest BCUT2D eigenvalue weighted by Crippen LogP contribution is 2.33. The van der Waals surface area contributed by atoms with Gasteiger partial charge in [0, 0.05) is 19.6 Å². The molecule has 0 radical (unpaired) electrons. The summed E-state index contributed by atoms with van der Waals surface area (Å²) in [7, 11) is -2.47. The second kappa shape index (κ2) is 11.3. The van der Waals surface area contributed by atoms with Crippen LogP contribution < -0.4 is 13.8 Å². The molecular weight excluding hydrogens is 432 g/mol. The second-order valence-corrected chi connectivity index (χ2v) is 9.21. The Hall–Kier alpha value is -2.59. The highest BCUT2D eigenvalue weighted by molar-refractivity contribution is 7.92. The number of ether oxygens (including phenoxy) is 3. The third-order valence-corrected chi connectivity index (χ3v) is 6.88. The summed E-state index contributed by atoms with van der Waals surface area (Å²) in [6.07, 6.45) is 0.681. The summed E-state index contributed by atoms with van der Waals surface area (Å²) in [5.41, 5.74) is 0.353. The van der Waals surface area contributed by atoms with E-state index in [9.17, 15) is 13.5 Å². The first-order chi connectivity index (χ1) is 15.5. The van der Waals surface area contributed by atoms with Crippen molar-refractivity contribution in [2.75, 3.05) is 57.4 Å². The number of sulfonamides is 1. The molecule has 32 heavy (non-hydrogen) atoms. The molecule has 0 amide bonds. The lowest BCUT2D eigenvalue weighted by atomic mass is 10.2. The van der Waals surface area contributed by atoms with Gasteiger partial charge in [-0.15, -0.1) is 0 Å². The molecule has 1 atom stereocenters. The van der Waals surface area contributed by atoms with Gasteiger partial charge in [0.05, 0.1) is 43.6 Å². The monoisotopic (exact) mass is 462 g/mol. The van der Waals surface area contributed by atoms with Crippen LogP contribution in [-0.2, 0) is 14.8 Å². The number of hydrogen-bond acceptors (Lipinski definition) is 7. The summed E-state index contributed by atoms with van der Waals surface area (Å²) in [6.45, 7) is 6.68. The van der Waals surface area contributed by atoms with Crippen molar-refractivity contribution in [2.45, 2.75) is 11.0 Å². The Morgan fingerprint density at radius 2 is 1.88 bits per heavy atom. The lowest BCUT2D eigenvalue weighted by Gasteiger charge is -2.32. The molecule has 0 aliphatic carbocycles. The van der Waals surface area contributed by atoms with E-state index >= 15 is 0 Å². The molecule has 1 saturated heterocycles. The number of hydrogen-bond donors (Lipinski definition) is 1. The Bertz CT molecular complexity index is 974. The van der Waals surface area contributed by atoms with Crippen LogP contribution in [0.3, 0.4) is 0 Å². The molecule has 0 spiro atoms. The van der Waals surface area contributed by atoms with Crippen LogP contribution in [0.5, 0.6) is 11.5 Å². The summed E-state index contributed by atoms with van der Waals surface area (Å²) in [5.74, 6) is 0.945. The van der Waals surface area contributed by atoms with E-state index in [2.05, 4.69) is 11.5 Å². The van der Waals surface area contributed by atoms with Crippen molar-refractivity contribution in [1.29, 1.82) is 0 Å². The fourth-order valence-corrected chi connectivity index (χ4v) is 4.98. The Labute approximate surface area is 189 Å². The van der Waals surface area contributed by atoms with Crippen molar-refractivity contribution in [1.82, 2.24) is 4.90 Å². The maximum atomic E-state index is 13.7. The van der Waals surface area contributed by atoms with Crippen LogP contribution in [0.15, 0.2) is 66.1 Å². The van der Waals surface area contributed by atoms with Gasteiger partial charge in [-0.25, -0.2) is 8.42 Å². The molecule has 2 aromatic rings. The Kier molecular flexibility index (Phi) is 8.52. The van der Waals surface area contributed by atoms with Gasteiger partial charge in [0.25, 0.3) is 10.0 Å². The summed E-state index contributed by atoms with van der Waals surface area (Å²) in [5, 5.41) is 10.8. The maximum Gasteiger partial charge on any atom is 0.264 e. The van der Waals surface area contributed by atoms with E-state index in [0.29, 0.717) is 50.0 Å². The minimum atomic E-state index is -3.99. The number of aliphatic hydroxyl groups is 1. The van der Waals surface area contributed by atoms with Gasteiger partial charge >= 0.3 is 0 Å². The van der Waals surface area contributed by atoms with Crippen LogP contribution in [0, 0.1) is 0 Å². The average Bonchev–Trinajstić information content (AvgIpc) is 2.82. The van der Waals surface area contributed by atoms with Crippen molar-refractivity contribution in [3.63, 3.8) is 0 Å². The van der Waals surface area contributed by atoms with E-state index < -0.39 is 16.1 Å². The fourth-order valence-electron chi connectivity index (χ4n) is 3.47. The first-order valence-corrected chi connectivity index (χ1v) is 11.9. The summed E-state index contributed by atoms with van der Waals surface area (Å²) in [4.78, 5) is 2.15. The van der Waals surface area contributed by atoms with Crippen LogP contribution in [0.2, 0.25) is 0 Å². The zero-order valence-electron chi connectivity index (χ0n) is 18.2. The fraction of sp³-hybridized carbons (Fsp3) is 0.391. The van der Waals surface area contributed by atoms with E-state index in [4.69, 9.17) is 14.2 Å². The molecule has 0 saturated carbocycles. The van der Waals surface area contributed by atoms with E-state index in [1.54, 1.807) is 42.5 Å². The standard InChI is InChI=1S/C23H30N2O6S/c1-3-14-31-23-7-5-4-6-22(23)25(18-19(26)17-24-12-15-30-16-13-24)32(27,28)21-10-8-20(29-2)9-11-21/h3-11,19,26H,1,12-18H2,2H3. The molecule has 174 valence electrons. The predicted molar refractivity (Wildman–Crippen MR) is 123 cm³/mol. The average molecular weight is 463 g/mol. The molecule has 1 fully saturated rings. The number of aliphatic hydroxyl groups excluding tert-OH is 1. The summed E-state index contributed by atoms with van der Waals surface area (Å²) in [6, 6.07) is 13.0. The normalized spacial score (nSPS) is 15.7. The number of nitrogens with zero attached hydrogens (tertiary/aromatic N) is 2. The van der Waals surface area contributed by atoms with Crippen LogP contribution >= 0.6 is 0 Å². The third-order valence-electron chi connectivity index (χ3n) is 5.09. The molecule has 1 N–H and O–H groups in total. The van der Waals surface area contributed by atoms with Gasteiger partial charge in [-0.1, -0.05) is 24.8 Å². The van der Waals surface area contributed by atoms with Crippen molar-refractivity contribution < 1.29 is 27.7 Å². The second-order valence-electron chi connectivity index (χ2n) is 7.35. The van der Waals surface area contributed by atoms with E-state index in [1.165, 1.54) is 23.5 Å². The van der Waals surface area contributed by atoms with Gasteiger partial charge in [0.1, 0.15) is 18.1 Å². The van der Waals surface area contributed by atoms with Crippen LogP contribution in [-0.4, -0.2) is 77.6 Å². The Morgan fingerprint density at radius 1 is 1.19 bits per heavy atom. The van der Waals surface area contributed by atoms with Crippen molar-refractivity contribution in [3.8, 4) is 11.5 Å². The molecule has 9 heteroatoms. The molecule has 3 rings (SSSR count). The molecule has 8 nitrogen and oxygen atoms in total. The molecular formula is C23H30N2O6S. The largest absolute Gasteiger partial charge is 0.497 e. The SMILES string of the molecule is C=CCOc1ccccc1N(CC(O)CN1CCOCC1)S(=O)(=O)c1ccc(OC)cc1. The Balaban J connectivity index is 1.94. The van der Waals surface area contributed by atoms with Crippen LogP contribution in [0.1, 0.15) is 0 Å². The van der Waals surface area contributed by atoms with Gasteiger partial charge in [0.2, 0.25) is 0 Å². The minimum Gasteiger partial charge on any atom is -0.497 e. The lowest BCUT2D eigenvalue weighted by molar-refractivity contribution is 0.0166. The zero-order valence-corrected chi connectivity index (χ0v) is 19.0. The zero-order chi connectivity index (χ0) is 23.0. The van der Waals surface area contributed by atoms with Gasteiger partial charge in [-0.2, -0.15) is 0 Å². The Morgan fingerprint density at radius 3 is 2.53 bits per heavy atom. The van der Waals surface area contributed by atoms with Crippen LogP contribution in [0.4, 0.5) is 5.69 Å². The first kappa shape index (κ1) is 24.1. The van der Waals surface area contributed by atoms with Crippen LogP contribution in [0.25, 0.3) is 0 Å². The molecule has 1 aliphatic heterocycles. The maximum absolute atomic E-state index is 13.7. The number of para-hydroxylation sites is 2. The third kappa shape index (κ3) is 6.01. The molecule has 1 unspecified atom stereocenters. The lowest BCUT2D eigenvalue weighted by Crippen LogP contribution is -2.46. The van der Waals surface area contributed by atoms with E-state index in [-0.39, 0.29) is 18.0 Å². The number of β-amino-alcohol motifs (C(OH)–C–C–N with tert-alkyl or cyclic N) is 1. The molecule has 0 aromatic heterocycles. The number of anilines is 1. The minimum absolute atomic E-state index is 0.0930. The smallest absolute Gasteiger partial charge is 0.264 e. The topological polar surface area (TPSA) is 88.5 Å². The van der Waals surface area contributed by atoms with E-state index in [0.717, 1.165) is 0 Å². The molecule has 2 aromatic carbocycles. The predicted octanol–water partition coefficient (Wildman–Crippen LogP) is 2.15. The van der Waals surface area contributed by atoms with Gasteiger partial charge in [-0.3, -0.25) is 9.21 Å². The number of morpholine rings is 1. The van der Waals surface area contributed by atoms with Gasteiger partial charge in [0.15, 0.2) is 0 Å². The van der Waals surface area contributed by atoms with Crippen molar-refractivity contribution in [2.24, 2.45) is 0 Å². The quantitative estimate of drug-likeness (QED) is 0.512. The molecule has 0 bridgehead atoms. The highest BCUT2D eigenvalue weighted by Gasteiger charge is 2.30. The van der Waals surface area contributed by atoms with Gasteiger partial charge < -0.3 is 19.3 Å². The first-order valence-electron chi connectivity index (χ1n) is 10.4. The number of methoxy groups -OCH3 is 1. The van der Waals surface area contributed by atoms with Crippen molar-refractivity contribution >= 4 is 15.7 Å². The summed E-state index contributed by atoms with van der Waals surface area (Å²) >= 11 is 0. The molecule has 1 aliphatic rings. The number of benzene rings is 2. The number of rotatable bonds is 11. The molecule has 1 heterocycles. The van der Waals surface area contributed by atoms with Gasteiger partial charge in [-0.05, 0) is 36.4 Å².